The summed E-state index contributed by atoms with van der Waals surface area (Å²) in [5.41, 5.74) is 1.42. The molecular formula is C15H19F2N3O2. The number of amides is 1. The summed E-state index contributed by atoms with van der Waals surface area (Å²) in [4.78, 5) is 19.6. The third-order valence-electron chi connectivity index (χ3n) is 4.37. The molecule has 0 aliphatic carbocycles. The minimum atomic E-state index is -2.75. The first-order valence-corrected chi connectivity index (χ1v) is 7.35. The molecule has 5 nitrogen and oxygen atoms in total. The summed E-state index contributed by atoms with van der Waals surface area (Å²) >= 11 is 0. The number of carbonyl (C=O) groups excluding carboxylic acids is 1. The quantitative estimate of drug-likeness (QED) is 0.902. The largest absolute Gasteiger partial charge is 0.395 e. The predicted molar refractivity (Wildman–Crippen MR) is 75.8 cm³/mol. The van der Waals surface area contributed by atoms with Gasteiger partial charge in [-0.25, -0.2) is 8.78 Å². The third kappa shape index (κ3) is 2.83. The topological polar surface area (TPSA) is 56.7 Å². The van der Waals surface area contributed by atoms with Crippen molar-refractivity contribution >= 4 is 5.91 Å². The predicted octanol–water partition coefficient (Wildman–Crippen LogP) is 0.916. The molecule has 2 fully saturated rings. The Morgan fingerprint density at radius 2 is 2.18 bits per heavy atom. The van der Waals surface area contributed by atoms with Gasteiger partial charge in [-0.05, 0) is 18.6 Å². The van der Waals surface area contributed by atoms with Crippen LogP contribution in [0.1, 0.15) is 22.3 Å². The minimum Gasteiger partial charge on any atom is -0.395 e. The molecule has 2 saturated heterocycles. The number of hydrogen-bond acceptors (Lipinski definition) is 4. The molecule has 1 unspecified atom stereocenters. The van der Waals surface area contributed by atoms with Gasteiger partial charge < -0.3 is 10.0 Å². The summed E-state index contributed by atoms with van der Waals surface area (Å²) in [5.74, 6) is -2.88. The Kier molecular flexibility index (Phi) is 3.86. The molecule has 3 rings (SSSR count). The van der Waals surface area contributed by atoms with Gasteiger partial charge in [-0.3, -0.25) is 14.7 Å². The zero-order valence-corrected chi connectivity index (χ0v) is 12.4. The van der Waals surface area contributed by atoms with Crippen LogP contribution in [0.15, 0.2) is 18.5 Å². The Morgan fingerprint density at radius 1 is 1.45 bits per heavy atom. The summed E-state index contributed by atoms with van der Waals surface area (Å²) in [6, 6.07) is 1.15. The molecule has 2 aliphatic rings. The second-order valence-electron chi connectivity index (χ2n) is 6.18. The maximum absolute atomic E-state index is 13.5. The fraction of sp³-hybridized carbons (Fsp3) is 0.600. The lowest BCUT2D eigenvalue weighted by Gasteiger charge is -2.45. The van der Waals surface area contributed by atoms with E-state index in [1.807, 2.05) is 6.92 Å². The second-order valence-corrected chi connectivity index (χ2v) is 6.18. The number of hydrogen-bond donors (Lipinski definition) is 1. The molecule has 0 radical (unpaired) electrons. The second kappa shape index (κ2) is 5.55. The Balaban J connectivity index is 1.61. The van der Waals surface area contributed by atoms with Crippen LogP contribution in [-0.2, 0) is 0 Å². The highest BCUT2D eigenvalue weighted by atomic mass is 19.3. The van der Waals surface area contributed by atoms with E-state index in [-0.39, 0.29) is 31.5 Å². The Bertz CT molecular complexity index is 576. The van der Waals surface area contributed by atoms with Crippen molar-refractivity contribution < 1.29 is 18.7 Å². The Morgan fingerprint density at radius 3 is 2.82 bits per heavy atom. The zero-order chi connectivity index (χ0) is 15.9. The van der Waals surface area contributed by atoms with Crippen molar-refractivity contribution in [2.24, 2.45) is 0 Å². The monoisotopic (exact) mass is 311 g/mol. The van der Waals surface area contributed by atoms with Crippen LogP contribution in [0.3, 0.4) is 0 Å². The third-order valence-corrected chi connectivity index (χ3v) is 4.37. The highest BCUT2D eigenvalue weighted by molar-refractivity contribution is 5.94. The van der Waals surface area contributed by atoms with Crippen molar-refractivity contribution in [2.75, 3.05) is 26.2 Å². The smallest absolute Gasteiger partial charge is 0.262 e. The van der Waals surface area contributed by atoms with Crippen molar-refractivity contribution in [3.05, 3.63) is 29.6 Å². The van der Waals surface area contributed by atoms with E-state index in [2.05, 4.69) is 4.98 Å². The van der Waals surface area contributed by atoms with Crippen molar-refractivity contribution in [1.82, 2.24) is 14.8 Å². The van der Waals surface area contributed by atoms with Crippen LogP contribution < -0.4 is 0 Å². The zero-order valence-electron chi connectivity index (χ0n) is 12.4. The fourth-order valence-corrected chi connectivity index (χ4v) is 3.20. The Labute approximate surface area is 127 Å². The van der Waals surface area contributed by atoms with Crippen LogP contribution >= 0.6 is 0 Å². The van der Waals surface area contributed by atoms with Crippen molar-refractivity contribution in [2.45, 2.75) is 31.4 Å². The van der Waals surface area contributed by atoms with Gasteiger partial charge in [0.1, 0.15) is 0 Å². The van der Waals surface area contributed by atoms with E-state index in [0.717, 1.165) is 5.56 Å². The van der Waals surface area contributed by atoms with E-state index >= 15 is 0 Å². The molecule has 3 heterocycles. The lowest BCUT2D eigenvalue weighted by Crippen LogP contribution is -2.62. The molecule has 2 aliphatic heterocycles. The highest BCUT2D eigenvalue weighted by Crippen LogP contribution is 2.35. The normalized spacial score (nSPS) is 25.3. The van der Waals surface area contributed by atoms with Gasteiger partial charge in [0.25, 0.3) is 11.8 Å². The van der Waals surface area contributed by atoms with Gasteiger partial charge in [0, 0.05) is 44.0 Å². The molecule has 1 aromatic rings. The lowest BCUT2D eigenvalue weighted by molar-refractivity contribution is -0.0125. The van der Waals surface area contributed by atoms with Gasteiger partial charge >= 0.3 is 0 Å². The van der Waals surface area contributed by atoms with E-state index in [9.17, 15) is 18.7 Å². The summed E-state index contributed by atoms with van der Waals surface area (Å²) in [6.07, 6.45) is 2.88. The molecule has 120 valence electrons. The maximum Gasteiger partial charge on any atom is 0.262 e. The first kappa shape index (κ1) is 15.3. The van der Waals surface area contributed by atoms with Crippen LogP contribution in [0, 0.1) is 6.92 Å². The van der Waals surface area contributed by atoms with Gasteiger partial charge in [-0.2, -0.15) is 0 Å². The first-order chi connectivity index (χ1) is 10.4. The number of alkyl halides is 2. The highest BCUT2D eigenvalue weighted by Gasteiger charge is 2.49. The van der Waals surface area contributed by atoms with Crippen LogP contribution in [-0.4, -0.2) is 70.0 Å². The van der Waals surface area contributed by atoms with Gasteiger partial charge in [-0.1, -0.05) is 0 Å². The van der Waals surface area contributed by atoms with Crippen LogP contribution in [0.2, 0.25) is 0 Å². The number of carbonyl (C=O) groups is 1. The van der Waals surface area contributed by atoms with E-state index in [0.29, 0.717) is 18.7 Å². The van der Waals surface area contributed by atoms with Gasteiger partial charge in [0.2, 0.25) is 0 Å². The van der Waals surface area contributed by atoms with Crippen molar-refractivity contribution in [3.63, 3.8) is 0 Å². The number of halogens is 2. The SMILES string of the molecule is Cc1cncc(C(=O)N2CC(N3CC(F)(F)CC3CO)C2)c1. The molecule has 0 saturated carbocycles. The molecule has 7 heteroatoms. The van der Waals surface area contributed by atoms with Crippen molar-refractivity contribution in [1.29, 1.82) is 0 Å². The van der Waals surface area contributed by atoms with E-state index in [1.165, 1.54) is 6.20 Å². The number of aromatic nitrogens is 1. The molecule has 0 aromatic carbocycles. The van der Waals surface area contributed by atoms with Crippen LogP contribution in [0.25, 0.3) is 0 Å². The summed E-state index contributed by atoms with van der Waals surface area (Å²) in [7, 11) is 0. The average molecular weight is 311 g/mol. The van der Waals surface area contributed by atoms with Crippen molar-refractivity contribution in [3.8, 4) is 0 Å². The molecular weight excluding hydrogens is 292 g/mol. The number of rotatable bonds is 3. The van der Waals surface area contributed by atoms with Gasteiger partial charge in [0.05, 0.1) is 18.7 Å². The summed E-state index contributed by atoms with van der Waals surface area (Å²) < 4.78 is 27.0. The minimum absolute atomic E-state index is 0.104. The summed E-state index contributed by atoms with van der Waals surface area (Å²) in [5, 5.41) is 9.26. The van der Waals surface area contributed by atoms with E-state index < -0.39 is 12.0 Å². The van der Waals surface area contributed by atoms with E-state index in [4.69, 9.17) is 0 Å². The molecule has 1 N–H and O–H groups in total. The molecule has 22 heavy (non-hydrogen) atoms. The molecule has 1 amide bonds. The van der Waals surface area contributed by atoms with Crippen LogP contribution in [0.4, 0.5) is 8.78 Å². The molecule has 1 atom stereocenters. The summed E-state index contributed by atoms with van der Waals surface area (Å²) in [6.45, 7) is 2.08. The number of aliphatic hydroxyl groups excluding tert-OH is 1. The number of aryl methyl sites for hydroxylation is 1. The van der Waals surface area contributed by atoms with Gasteiger partial charge in [-0.15, -0.1) is 0 Å². The number of likely N-dealkylation sites (tertiary alicyclic amines) is 2. The lowest BCUT2D eigenvalue weighted by atomic mass is 10.0. The number of aliphatic hydroxyl groups is 1. The first-order valence-electron chi connectivity index (χ1n) is 7.35. The maximum atomic E-state index is 13.5. The molecule has 1 aromatic heterocycles. The standard InChI is InChI=1S/C15H19F2N3O2/c1-10-2-11(5-18-4-10)14(22)19-6-13(7-19)20-9-15(16,17)3-12(20)8-21/h2,4-5,12-13,21H,3,6-9H2,1H3. The van der Waals surface area contributed by atoms with Gasteiger partial charge in [0.15, 0.2) is 0 Å². The Hall–Kier alpha value is -1.60. The number of nitrogens with zero attached hydrogens (tertiary/aromatic N) is 3. The average Bonchev–Trinajstić information content (AvgIpc) is 2.72. The van der Waals surface area contributed by atoms with Crippen LogP contribution in [0.5, 0.6) is 0 Å². The van der Waals surface area contributed by atoms with E-state index in [1.54, 1.807) is 22.1 Å². The molecule has 0 spiro atoms. The fourth-order valence-electron chi connectivity index (χ4n) is 3.20. The molecule has 0 bridgehead atoms. The number of pyridine rings is 1.